The van der Waals surface area contributed by atoms with Gasteiger partial charge in [-0.15, -0.1) is 11.3 Å². The molecule has 3 aromatic carbocycles. The summed E-state index contributed by atoms with van der Waals surface area (Å²) in [6.45, 7) is 5.77. The third-order valence-electron chi connectivity index (χ3n) is 7.76. The van der Waals surface area contributed by atoms with Crippen LogP contribution in [0.1, 0.15) is 24.0 Å². The number of para-hydroxylation sites is 1. The smallest absolute Gasteiger partial charge is 0.124 e. The van der Waals surface area contributed by atoms with Gasteiger partial charge in [0, 0.05) is 38.4 Å². The number of hydrogen-bond acceptors (Lipinski definition) is 8. The van der Waals surface area contributed by atoms with E-state index in [-0.39, 0.29) is 5.41 Å². The van der Waals surface area contributed by atoms with Gasteiger partial charge in [0.25, 0.3) is 0 Å². The van der Waals surface area contributed by atoms with Crippen LogP contribution in [0.2, 0.25) is 0 Å². The summed E-state index contributed by atoms with van der Waals surface area (Å²) in [5.74, 6) is 0. The van der Waals surface area contributed by atoms with E-state index in [9.17, 15) is 0 Å². The second-order valence-electron chi connectivity index (χ2n) is 10.3. The van der Waals surface area contributed by atoms with Crippen molar-refractivity contribution in [2.75, 3.05) is 80.3 Å². The summed E-state index contributed by atoms with van der Waals surface area (Å²) in [5.41, 5.74) is 7.16. The Morgan fingerprint density at radius 1 is 0.595 bits per heavy atom. The molecule has 0 aliphatic heterocycles. The first kappa shape index (κ1) is 30.8. The van der Waals surface area contributed by atoms with Crippen LogP contribution in [-0.2, 0) is 33.8 Å². The van der Waals surface area contributed by atoms with Gasteiger partial charge in [-0.1, -0.05) is 48.5 Å². The Bertz CT molecular complexity index is 1350. The average molecular weight is 592 g/mol. The number of ether oxygens (including phenoxy) is 6. The lowest BCUT2D eigenvalue weighted by Crippen LogP contribution is -2.29. The van der Waals surface area contributed by atoms with E-state index >= 15 is 0 Å². The van der Waals surface area contributed by atoms with Crippen molar-refractivity contribution in [3.8, 4) is 21.7 Å². The predicted molar refractivity (Wildman–Crippen MR) is 168 cm³/mol. The van der Waals surface area contributed by atoms with E-state index in [0.29, 0.717) is 66.1 Å². The molecule has 0 radical (unpaired) electrons. The number of nitrogens with zero attached hydrogens (tertiary/aromatic N) is 1. The van der Waals surface area contributed by atoms with Gasteiger partial charge >= 0.3 is 0 Å². The number of hydrogen-bond donors (Lipinski definition) is 0. The molecule has 0 unspecified atom stereocenters. The first-order valence-corrected chi connectivity index (χ1v) is 15.5. The van der Waals surface area contributed by atoms with Gasteiger partial charge in [0.2, 0.25) is 0 Å². The summed E-state index contributed by atoms with van der Waals surface area (Å²) in [5, 5.41) is 1.04. The molecule has 8 heteroatoms. The fourth-order valence-corrected chi connectivity index (χ4v) is 6.63. The fraction of sp³-hybridized carbons (Fsp3) is 0.441. The predicted octanol–water partition coefficient (Wildman–Crippen LogP) is 6.37. The Balaban J connectivity index is 1.38. The molecule has 0 spiro atoms. The zero-order valence-corrected chi connectivity index (χ0v) is 25.5. The molecule has 0 bridgehead atoms. The van der Waals surface area contributed by atoms with Gasteiger partial charge in [0.15, 0.2) is 0 Å². The molecule has 1 aromatic heterocycles. The fourth-order valence-electron chi connectivity index (χ4n) is 5.67. The second-order valence-corrected chi connectivity index (χ2v) is 11.3. The molecule has 224 valence electrons. The van der Waals surface area contributed by atoms with Gasteiger partial charge in [-0.3, -0.25) is 0 Å². The molecule has 4 aromatic rings. The second kappa shape index (κ2) is 15.7. The summed E-state index contributed by atoms with van der Waals surface area (Å²) in [6, 6.07) is 23.9. The SMILES string of the molecule is COCCOCCOCCC1(CCOCCOCCOC)c2ccccc2-c2ccc(-c3nc4ccccc4s3)cc21. The van der Waals surface area contributed by atoms with E-state index in [1.165, 1.54) is 27.0 Å². The van der Waals surface area contributed by atoms with Gasteiger partial charge in [0.1, 0.15) is 5.01 Å². The lowest BCUT2D eigenvalue weighted by molar-refractivity contribution is 0.0145. The van der Waals surface area contributed by atoms with Crippen LogP contribution in [0.4, 0.5) is 0 Å². The van der Waals surface area contributed by atoms with E-state index in [2.05, 4.69) is 60.7 Å². The first-order valence-electron chi connectivity index (χ1n) is 14.7. The van der Waals surface area contributed by atoms with Gasteiger partial charge in [-0.05, 0) is 53.3 Å². The van der Waals surface area contributed by atoms with Crippen LogP contribution in [0.15, 0.2) is 66.7 Å². The van der Waals surface area contributed by atoms with Gasteiger partial charge in [0.05, 0.1) is 63.1 Å². The molecular weight excluding hydrogens is 550 g/mol. The minimum atomic E-state index is -0.244. The molecule has 1 aliphatic rings. The molecule has 5 rings (SSSR count). The molecule has 0 fully saturated rings. The third kappa shape index (κ3) is 7.26. The van der Waals surface area contributed by atoms with Crippen LogP contribution in [0.25, 0.3) is 31.9 Å². The van der Waals surface area contributed by atoms with Crippen molar-refractivity contribution in [2.24, 2.45) is 0 Å². The Morgan fingerprint density at radius 3 is 1.83 bits per heavy atom. The topological polar surface area (TPSA) is 68.3 Å². The number of fused-ring (bicyclic) bond motifs is 4. The number of methoxy groups -OCH3 is 2. The van der Waals surface area contributed by atoms with E-state index in [1.54, 1.807) is 25.6 Å². The molecule has 42 heavy (non-hydrogen) atoms. The van der Waals surface area contributed by atoms with Gasteiger partial charge < -0.3 is 28.4 Å². The lowest BCUT2D eigenvalue weighted by Gasteiger charge is -2.32. The van der Waals surface area contributed by atoms with Crippen LogP contribution >= 0.6 is 11.3 Å². The highest BCUT2D eigenvalue weighted by molar-refractivity contribution is 7.21. The highest BCUT2D eigenvalue weighted by atomic mass is 32.1. The minimum Gasteiger partial charge on any atom is -0.382 e. The Labute approximate surface area is 252 Å². The largest absolute Gasteiger partial charge is 0.382 e. The number of rotatable bonds is 19. The Morgan fingerprint density at radius 2 is 1.17 bits per heavy atom. The third-order valence-corrected chi connectivity index (χ3v) is 8.85. The molecule has 0 saturated carbocycles. The van der Waals surface area contributed by atoms with Crippen LogP contribution in [-0.4, -0.2) is 85.3 Å². The van der Waals surface area contributed by atoms with Crippen molar-refractivity contribution in [1.29, 1.82) is 0 Å². The maximum atomic E-state index is 6.12. The lowest BCUT2D eigenvalue weighted by atomic mass is 9.73. The van der Waals surface area contributed by atoms with Crippen molar-refractivity contribution < 1.29 is 28.4 Å². The van der Waals surface area contributed by atoms with Gasteiger partial charge in [-0.25, -0.2) is 4.98 Å². The van der Waals surface area contributed by atoms with Gasteiger partial charge in [-0.2, -0.15) is 0 Å². The summed E-state index contributed by atoms with van der Waals surface area (Å²) in [6.07, 6.45) is 1.68. The van der Waals surface area contributed by atoms with E-state index < -0.39 is 0 Å². The van der Waals surface area contributed by atoms with Crippen LogP contribution in [0.3, 0.4) is 0 Å². The maximum Gasteiger partial charge on any atom is 0.124 e. The Hall–Kier alpha value is -2.69. The molecule has 0 saturated heterocycles. The normalized spacial score (nSPS) is 13.5. The highest BCUT2D eigenvalue weighted by Gasteiger charge is 2.42. The van der Waals surface area contributed by atoms with E-state index in [4.69, 9.17) is 33.4 Å². The number of thiazole rings is 1. The summed E-state index contributed by atoms with van der Waals surface area (Å²) in [4.78, 5) is 4.96. The van der Waals surface area contributed by atoms with Crippen molar-refractivity contribution in [2.45, 2.75) is 18.3 Å². The standard InChI is InChI=1S/C34H41NO6S/c1-36-17-19-40-23-21-38-15-13-34(14-16-39-22-24-41-20-18-37-2)29-8-4-3-7-27(29)28-12-11-26(25-30(28)34)33-35-31-9-5-6-10-32(31)42-33/h3-12,25H,13-24H2,1-2H3. The number of benzene rings is 3. The van der Waals surface area contributed by atoms with Crippen LogP contribution in [0, 0.1) is 0 Å². The molecular formula is C34H41NO6S. The zero-order chi connectivity index (χ0) is 29.0. The summed E-state index contributed by atoms with van der Waals surface area (Å²) >= 11 is 1.74. The van der Waals surface area contributed by atoms with E-state index in [0.717, 1.165) is 28.9 Å². The van der Waals surface area contributed by atoms with Crippen LogP contribution in [0.5, 0.6) is 0 Å². The average Bonchev–Trinajstić information content (AvgIpc) is 3.58. The molecule has 7 nitrogen and oxygen atoms in total. The maximum absolute atomic E-state index is 6.12. The minimum absolute atomic E-state index is 0.244. The quantitative estimate of drug-likeness (QED) is 0.117. The molecule has 0 N–H and O–H groups in total. The first-order chi connectivity index (χ1) is 20.8. The van der Waals surface area contributed by atoms with Crippen LogP contribution < -0.4 is 0 Å². The number of aromatic nitrogens is 1. The van der Waals surface area contributed by atoms with Crippen molar-refractivity contribution in [3.05, 3.63) is 77.9 Å². The highest BCUT2D eigenvalue weighted by Crippen LogP contribution is 2.53. The molecule has 0 atom stereocenters. The zero-order valence-electron chi connectivity index (χ0n) is 24.6. The summed E-state index contributed by atoms with van der Waals surface area (Å²) in [7, 11) is 3.36. The summed E-state index contributed by atoms with van der Waals surface area (Å²) < 4.78 is 34.8. The Kier molecular flexibility index (Phi) is 11.5. The van der Waals surface area contributed by atoms with E-state index in [1.807, 2.05) is 6.07 Å². The molecule has 1 aliphatic carbocycles. The monoisotopic (exact) mass is 591 g/mol. The van der Waals surface area contributed by atoms with Crippen molar-refractivity contribution in [1.82, 2.24) is 4.98 Å². The van der Waals surface area contributed by atoms with Crippen molar-refractivity contribution in [3.63, 3.8) is 0 Å². The molecule has 1 heterocycles. The molecule has 0 amide bonds. The van der Waals surface area contributed by atoms with Crippen molar-refractivity contribution >= 4 is 21.6 Å².